The number of hydrogen-bond donors (Lipinski definition) is 0. The first kappa shape index (κ1) is 20.8. The van der Waals surface area contributed by atoms with E-state index in [1.165, 1.54) is 24.3 Å². The summed E-state index contributed by atoms with van der Waals surface area (Å²) in [5, 5.41) is 0.564. The smallest absolute Gasteiger partial charge is 0.327 e. The SMILES string of the molecule is O=C(c1ccc(SC(F)(F)F)cc1)N1CCc2ccccc2C1c1ccccc1Cl. The molecule has 3 aromatic carbocycles. The van der Waals surface area contributed by atoms with Gasteiger partial charge in [-0.1, -0.05) is 54.1 Å². The fourth-order valence-electron chi connectivity index (χ4n) is 3.78. The molecule has 3 aromatic rings. The van der Waals surface area contributed by atoms with Crippen LogP contribution >= 0.6 is 23.4 Å². The van der Waals surface area contributed by atoms with Crippen LogP contribution in [-0.2, 0) is 6.42 Å². The lowest BCUT2D eigenvalue weighted by molar-refractivity contribution is -0.0328. The Morgan fingerprint density at radius 1 is 0.933 bits per heavy atom. The molecule has 0 saturated carbocycles. The van der Waals surface area contributed by atoms with E-state index < -0.39 is 5.51 Å². The Balaban J connectivity index is 1.70. The molecular weight excluding hydrogens is 431 g/mol. The van der Waals surface area contributed by atoms with E-state index in [9.17, 15) is 18.0 Å². The maximum absolute atomic E-state index is 13.4. The second kappa shape index (κ2) is 8.36. The van der Waals surface area contributed by atoms with Crippen LogP contribution in [0.5, 0.6) is 0 Å². The first-order chi connectivity index (χ1) is 14.3. The van der Waals surface area contributed by atoms with Crippen LogP contribution in [0.15, 0.2) is 77.7 Å². The summed E-state index contributed by atoms with van der Waals surface area (Å²) in [5.41, 5.74) is -1.03. The number of alkyl halides is 3. The molecule has 0 bridgehead atoms. The van der Waals surface area contributed by atoms with E-state index in [4.69, 9.17) is 11.6 Å². The molecule has 1 amide bonds. The number of carbonyl (C=O) groups is 1. The first-order valence-electron chi connectivity index (χ1n) is 9.32. The minimum Gasteiger partial charge on any atom is -0.327 e. The average molecular weight is 448 g/mol. The van der Waals surface area contributed by atoms with Gasteiger partial charge in [0.25, 0.3) is 5.91 Å². The molecule has 1 atom stereocenters. The zero-order valence-corrected chi connectivity index (χ0v) is 17.3. The standard InChI is InChI=1S/C23H17ClF3NOS/c24-20-8-4-3-7-19(20)21-18-6-2-1-5-15(18)13-14-28(21)22(29)16-9-11-17(12-10-16)30-23(25,26)27/h1-12,21H,13-14H2. The zero-order valence-electron chi connectivity index (χ0n) is 15.7. The van der Waals surface area contributed by atoms with Gasteiger partial charge in [-0.3, -0.25) is 4.79 Å². The van der Waals surface area contributed by atoms with Crippen molar-refractivity contribution in [2.75, 3.05) is 6.54 Å². The molecule has 154 valence electrons. The highest BCUT2D eigenvalue weighted by molar-refractivity contribution is 8.00. The minimum atomic E-state index is -4.36. The van der Waals surface area contributed by atoms with Crippen molar-refractivity contribution in [2.45, 2.75) is 22.9 Å². The van der Waals surface area contributed by atoms with Crippen molar-refractivity contribution in [1.82, 2.24) is 4.90 Å². The van der Waals surface area contributed by atoms with E-state index in [1.807, 2.05) is 42.5 Å². The Morgan fingerprint density at radius 3 is 2.23 bits per heavy atom. The summed E-state index contributed by atoms with van der Waals surface area (Å²) in [6, 6.07) is 20.5. The van der Waals surface area contributed by atoms with Crippen molar-refractivity contribution < 1.29 is 18.0 Å². The van der Waals surface area contributed by atoms with E-state index in [0.29, 0.717) is 23.6 Å². The van der Waals surface area contributed by atoms with Gasteiger partial charge in [0, 0.05) is 22.0 Å². The maximum atomic E-state index is 13.4. The van der Waals surface area contributed by atoms with E-state index in [1.54, 1.807) is 11.0 Å². The number of nitrogens with zero attached hydrogens (tertiary/aromatic N) is 1. The molecule has 1 unspecified atom stereocenters. The molecule has 1 aliphatic rings. The van der Waals surface area contributed by atoms with Crippen LogP contribution in [0.4, 0.5) is 13.2 Å². The first-order valence-corrected chi connectivity index (χ1v) is 10.5. The molecule has 2 nitrogen and oxygen atoms in total. The second-order valence-corrected chi connectivity index (χ2v) is 8.49. The van der Waals surface area contributed by atoms with Crippen LogP contribution in [-0.4, -0.2) is 22.9 Å². The van der Waals surface area contributed by atoms with Crippen LogP contribution in [0, 0.1) is 0 Å². The molecular formula is C23H17ClF3NOS. The Hall–Kier alpha value is -2.44. The normalized spacial score (nSPS) is 16.3. The topological polar surface area (TPSA) is 20.3 Å². The highest BCUT2D eigenvalue weighted by Gasteiger charge is 2.34. The summed E-state index contributed by atoms with van der Waals surface area (Å²) in [7, 11) is 0. The van der Waals surface area contributed by atoms with Gasteiger partial charge in [-0.15, -0.1) is 0 Å². The highest BCUT2D eigenvalue weighted by Crippen LogP contribution is 2.40. The van der Waals surface area contributed by atoms with Crippen molar-refractivity contribution in [3.05, 3.63) is 100 Å². The number of rotatable bonds is 3. The number of hydrogen-bond acceptors (Lipinski definition) is 2. The van der Waals surface area contributed by atoms with Crippen molar-refractivity contribution >= 4 is 29.3 Å². The molecule has 0 radical (unpaired) electrons. The molecule has 30 heavy (non-hydrogen) atoms. The lowest BCUT2D eigenvalue weighted by Crippen LogP contribution is -2.40. The lowest BCUT2D eigenvalue weighted by Gasteiger charge is -2.38. The van der Waals surface area contributed by atoms with E-state index in [0.717, 1.165) is 16.7 Å². The van der Waals surface area contributed by atoms with E-state index in [-0.39, 0.29) is 28.6 Å². The minimum absolute atomic E-state index is 0.0469. The molecule has 1 aliphatic heterocycles. The molecule has 4 rings (SSSR count). The van der Waals surface area contributed by atoms with Gasteiger partial charge in [-0.25, -0.2) is 0 Å². The van der Waals surface area contributed by atoms with E-state index in [2.05, 4.69) is 0 Å². The van der Waals surface area contributed by atoms with E-state index >= 15 is 0 Å². The highest BCUT2D eigenvalue weighted by atomic mass is 35.5. The third-order valence-electron chi connectivity index (χ3n) is 5.08. The number of thioether (sulfide) groups is 1. The third kappa shape index (κ3) is 4.35. The quantitative estimate of drug-likeness (QED) is 0.414. The predicted molar refractivity (Wildman–Crippen MR) is 113 cm³/mol. The van der Waals surface area contributed by atoms with Crippen molar-refractivity contribution in [2.24, 2.45) is 0 Å². The average Bonchev–Trinajstić information content (AvgIpc) is 2.72. The Bertz CT molecular complexity index is 1070. The second-order valence-electron chi connectivity index (χ2n) is 6.94. The molecule has 0 fully saturated rings. The summed E-state index contributed by atoms with van der Waals surface area (Å²) in [6.45, 7) is 0.491. The summed E-state index contributed by atoms with van der Waals surface area (Å²) in [5.74, 6) is -0.238. The molecule has 0 aliphatic carbocycles. The van der Waals surface area contributed by atoms with Crippen molar-refractivity contribution in [3.63, 3.8) is 0 Å². The third-order valence-corrected chi connectivity index (χ3v) is 6.16. The predicted octanol–water partition coefficient (Wildman–Crippen LogP) is 6.74. The molecule has 0 saturated heterocycles. The number of fused-ring (bicyclic) bond motifs is 1. The maximum Gasteiger partial charge on any atom is 0.446 e. The van der Waals surface area contributed by atoms with Gasteiger partial charge in [-0.05, 0) is 65.2 Å². The molecule has 7 heteroatoms. The molecule has 0 aromatic heterocycles. The van der Waals surface area contributed by atoms with Crippen molar-refractivity contribution in [3.8, 4) is 0 Å². The van der Waals surface area contributed by atoms with Crippen LogP contribution in [0.25, 0.3) is 0 Å². The lowest BCUT2D eigenvalue weighted by atomic mass is 9.87. The fraction of sp³-hybridized carbons (Fsp3) is 0.174. The van der Waals surface area contributed by atoms with Crippen molar-refractivity contribution in [1.29, 1.82) is 0 Å². The van der Waals surface area contributed by atoms with Gasteiger partial charge in [-0.2, -0.15) is 13.2 Å². The monoisotopic (exact) mass is 447 g/mol. The van der Waals surface area contributed by atoms with Crippen LogP contribution < -0.4 is 0 Å². The van der Waals surface area contributed by atoms with Gasteiger partial charge < -0.3 is 4.90 Å². The summed E-state index contributed by atoms with van der Waals surface area (Å²) < 4.78 is 37.8. The summed E-state index contributed by atoms with van der Waals surface area (Å²) in [6.07, 6.45) is 0.699. The number of carbonyl (C=O) groups excluding carboxylic acids is 1. The van der Waals surface area contributed by atoms with Crippen LogP contribution in [0.3, 0.4) is 0 Å². The number of amides is 1. The number of halogens is 4. The fourth-order valence-corrected chi connectivity index (χ4v) is 4.56. The Kier molecular flexibility index (Phi) is 5.80. The largest absolute Gasteiger partial charge is 0.446 e. The number of benzene rings is 3. The van der Waals surface area contributed by atoms with Crippen LogP contribution in [0.1, 0.15) is 33.1 Å². The molecule has 1 heterocycles. The van der Waals surface area contributed by atoms with Gasteiger partial charge in [0.1, 0.15) is 0 Å². The Labute approximate surface area is 181 Å². The van der Waals surface area contributed by atoms with Gasteiger partial charge >= 0.3 is 5.51 Å². The Morgan fingerprint density at radius 2 is 1.57 bits per heavy atom. The molecule has 0 N–H and O–H groups in total. The van der Waals surface area contributed by atoms with Crippen LogP contribution in [0.2, 0.25) is 5.02 Å². The zero-order chi connectivity index (χ0) is 21.3. The van der Waals surface area contributed by atoms with Gasteiger partial charge in [0.15, 0.2) is 0 Å². The van der Waals surface area contributed by atoms with Gasteiger partial charge in [0.05, 0.1) is 6.04 Å². The van der Waals surface area contributed by atoms with Gasteiger partial charge in [0.2, 0.25) is 0 Å². The molecule has 0 spiro atoms. The summed E-state index contributed by atoms with van der Waals surface area (Å²) >= 11 is 6.28. The summed E-state index contributed by atoms with van der Waals surface area (Å²) in [4.78, 5) is 15.1.